The molecule has 2 rings (SSSR count). The smallest absolute Gasteiger partial charge is 0.329 e. The Morgan fingerprint density at radius 2 is 1.86 bits per heavy atom. The van der Waals surface area contributed by atoms with Crippen LogP contribution in [-0.4, -0.2) is 34.8 Å². The lowest BCUT2D eigenvalue weighted by Gasteiger charge is -2.25. The van der Waals surface area contributed by atoms with E-state index in [9.17, 15) is 9.90 Å². The zero-order valence-electron chi connectivity index (χ0n) is 13.6. The van der Waals surface area contributed by atoms with Crippen LogP contribution in [0, 0.1) is 0 Å². The number of aliphatic carboxylic acids is 1. The van der Waals surface area contributed by atoms with Crippen molar-refractivity contribution in [3.05, 3.63) is 18.0 Å². The lowest BCUT2D eigenvalue weighted by Crippen LogP contribution is -2.36. The predicted molar refractivity (Wildman–Crippen MR) is 83.8 cm³/mol. The van der Waals surface area contributed by atoms with E-state index in [0.717, 1.165) is 17.8 Å². The first-order valence-electron chi connectivity index (χ1n) is 7.24. The Balaban J connectivity index is 2.81. The summed E-state index contributed by atoms with van der Waals surface area (Å²) < 4.78 is 12.4. The molecule has 0 aliphatic carbocycles. The minimum absolute atomic E-state index is 0.556. The highest BCUT2D eigenvalue weighted by molar-refractivity contribution is 5.85. The molecule has 0 aliphatic heterocycles. The first-order chi connectivity index (χ1) is 10.4. The Bertz CT molecular complexity index is 704. The molecule has 2 aromatic rings. The molecule has 1 aromatic carbocycles. The fourth-order valence-electron chi connectivity index (χ4n) is 2.56. The summed E-state index contributed by atoms with van der Waals surface area (Å²) >= 11 is 0. The van der Waals surface area contributed by atoms with E-state index in [1.165, 1.54) is 0 Å². The van der Waals surface area contributed by atoms with Gasteiger partial charge in [-0.1, -0.05) is 6.92 Å². The highest BCUT2D eigenvalue weighted by atomic mass is 16.5. The summed E-state index contributed by atoms with van der Waals surface area (Å²) in [7, 11) is 3.12. The van der Waals surface area contributed by atoms with Crippen molar-refractivity contribution in [3.8, 4) is 11.5 Å². The van der Waals surface area contributed by atoms with Crippen LogP contribution < -0.4 is 9.47 Å². The van der Waals surface area contributed by atoms with Crippen LogP contribution in [0.5, 0.6) is 11.5 Å². The molecule has 0 bridgehead atoms. The maximum Gasteiger partial charge on any atom is 0.329 e. The van der Waals surface area contributed by atoms with E-state index in [-0.39, 0.29) is 0 Å². The van der Waals surface area contributed by atoms with Gasteiger partial charge in [0.05, 0.1) is 25.3 Å². The van der Waals surface area contributed by atoms with E-state index in [4.69, 9.17) is 9.47 Å². The number of aromatic nitrogens is 2. The number of fused-ring (bicyclic) bond motifs is 1. The van der Waals surface area contributed by atoms with Crippen molar-refractivity contribution in [3.63, 3.8) is 0 Å². The summed E-state index contributed by atoms with van der Waals surface area (Å²) in [5.41, 5.74) is 0.336. The van der Waals surface area contributed by atoms with Crippen LogP contribution in [0.25, 0.3) is 11.0 Å². The van der Waals surface area contributed by atoms with Crippen LogP contribution in [0.1, 0.15) is 33.0 Å². The van der Waals surface area contributed by atoms with E-state index in [2.05, 4.69) is 4.98 Å². The van der Waals surface area contributed by atoms with Crippen molar-refractivity contribution in [2.45, 2.75) is 39.2 Å². The number of methoxy groups -OCH3 is 2. The second-order valence-electron chi connectivity index (χ2n) is 5.67. The summed E-state index contributed by atoms with van der Waals surface area (Å²) in [5, 5.41) is 9.59. The van der Waals surface area contributed by atoms with Gasteiger partial charge in [0.2, 0.25) is 0 Å². The Morgan fingerprint density at radius 1 is 1.27 bits per heavy atom. The average molecular weight is 306 g/mol. The van der Waals surface area contributed by atoms with Crippen molar-refractivity contribution < 1.29 is 19.4 Å². The largest absolute Gasteiger partial charge is 0.493 e. The molecule has 0 radical (unpaired) electrons. The number of carboxylic acids is 1. The molecule has 0 saturated heterocycles. The Morgan fingerprint density at radius 3 is 2.36 bits per heavy atom. The van der Waals surface area contributed by atoms with Gasteiger partial charge in [0.25, 0.3) is 0 Å². The number of carbonyl (C=O) groups is 1. The van der Waals surface area contributed by atoms with E-state index in [1.807, 2.05) is 6.92 Å². The van der Waals surface area contributed by atoms with E-state index < -0.39 is 11.5 Å². The molecular weight excluding hydrogens is 284 g/mol. The predicted octanol–water partition coefficient (Wildman–Crippen LogP) is 2.83. The first kappa shape index (κ1) is 16.1. The molecule has 0 saturated carbocycles. The lowest BCUT2D eigenvalue weighted by atomic mass is 10.0. The van der Waals surface area contributed by atoms with Crippen molar-refractivity contribution in [2.24, 2.45) is 0 Å². The van der Waals surface area contributed by atoms with Crippen LogP contribution in [0.15, 0.2) is 12.1 Å². The van der Waals surface area contributed by atoms with Gasteiger partial charge in [-0.2, -0.15) is 0 Å². The number of imidazole rings is 1. The monoisotopic (exact) mass is 306 g/mol. The topological polar surface area (TPSA) is 73.6 Å². The van der Waals surface area contributed by atoms with E-state index in [0.29, 0.717) is 23.4 Å². The maximum atomic E-state index is 11.7. The molecule has 1 N–H and O–H groups in total. The van der Waals surface area contributed by atoms with Crippen molar-refractivity contribution in [1.29, 1.82) is 0 Å². The maximum absolute atomic E-state index is 11.7. The molecule has 0 spiro atoms. The van der Waals surface area contributed by atoms with Crippen LogP contribution in [0.2, 0.25) is 0 Å². The van der Waals surface area contributed by atoms with Crippen molar-refractivity contribution in [2.75, 3.05) is 14.2 Å². The fourth-order valence-corrected chi connectivity index (χ4v) is 2.56. The number of carboxylic acid groups (broad SMARTS) is 1. The second kappa shape index (κ2) is 5.87. The van der Waals surface area contributed by atoms with Crippen LogP contribution >= 0.6 is 0 Å². The standard InChI is InChI=1S/C16H22N2O4/c1-6-7-14-17-10-8-12(21-4)13(22-5)9-11(10)18(14)16(2,3)15(19)20/h8-9H,6-7H2,1-5H3,(H,19,20). The molecule has 6 heteroatoms. The van der Waals surface area contributed by atoms with Gasteiger partial charge in [-0.3, -0.25) is 0 Å². The Labute approximate surface area is 129 Å². The van der Waals surface area contributed by atoms with Crippen LogP contribution in [0.4, 0.5) is 0 Å². The lowest BCUT2D eigenvalue weighted by molar-refractivity contribution is -0.145. The third-order valence-electron chi connectivity index (χ3n) is 3.79. The molecule has 1 aromatic heterocycles. The van der Waals surface area contributed by atoms with E-state index >= 15 is 0 Å². The molecule has 0 unspecified atom stereocenters. The molecule has 0 fully saturated rings. The van der Waals surface area contributed by atoms with Gasteiger partial charge in [0.1, 0.15) is 11.4 Å². The number of hydrogen-bond donors (Lipinski definition) is 1. The molecule has 0 aliphatic rings. The summed E-state index contributed by atoms with van der Waals surface area (Å²) in [6, 6.07) is 3.56. The number of nitrogens with zero attached hydrogens (tertiary/aromatic N) is 2. The number of rotatable bonds is 6. The molecule has 1 heterocycles. The minimum Gasteiger partial charge on any atom is -0.493 e. The molecule has 0 amide bonds. The SMILES string of the molecule is CCCc1nc2cc(OC)c(OC)cc2n1C(C)(C)C(=O)O. The number of aryl methyl sites for hydroxylation is 1. The van der Waals surface area contributed by atoms with Gasteiger partial charge in [-0.25, -0.2) is 9.78 Å². The van der Waals surface area contributed by atoms with Gasteiger partial charge in [0.15, 0.2) is 11.5 Å². The Hall–Kier alpha value is -2.24. The van der Waals surface area contributed by atoms with Gasteiger partial charge in [-0.15, -0.1) is 0 Å². The number of ether oxygens (including phenoxy) is 2. The molecule has 120 valence electrons. The molecule has 0 atom stereocenters. The van der Waals surface area contributed by atoms with Gasteiger partial charge < -0.3 is 19.1 Å². The minimum atomic E-state index is -1.10. The van der Waals surface area contributed by atoms with Crippen molar-refractivity contribution >= 4 is 17.0 Å². The summed E-state index contributed by atoms with van der Waals surface area (Å²) in [6.45, 7) is 5.39. The van der Waals surface area contributed by atoms with Crippen molar-refractivity contribution in [1.82, 2.24) is 9.55 Å². The highest BCUT2D eigenvalue weighted by Crippen LogP contribution is 2.35. The quantitative estimate of drug-likeness (QED) is 0.888. The van der Waals surface area contributed by atoms with Gasteiger partial charge in [0, 0.05) is 18.6 Å². The third kappa shape index (κ3) is 2.49. The summed E-state index contributed by atoms with van der Waals surface area (Å²) in [4.78, 5) is 16.3. The van der Waals surface area contributed by atoms with Crippen LogP contribution in [-0.2, 0) is 16.8 Å². The van der Waals surface area contributed by atoms with Gasteiger partial charge in [-0.05, 0) is 20.3 Å². The summed E-state index contributed by atoms with van der Waals surface area (Å²) in [5.74, 6) is 0.982. The summed E-state index contributed by atoms with van der Waals surface area (Å²) in [6.07, 6.45) is 1.59. The molecule has 22 heavy (non-hydrogen) atoms. The number of benzene rings is 1. The highest BCUT2D eigenvalue weighted by Gasteiger charge is 2.33. The molecule has 6 nitrogen and oxygen atoms in total. The molecular formula is C16H22N2O4. The zero-order valence-corrected chi connectivity index (χ0v) is 13.6. The van der Waals surface area contributed by atoms with Gasteiger partial charge >= 0.3 is 5.97 Å². The normalized spacial score (nSPS) is 11.7. The second-order valence-corrected chi connectivity index (χ2v) is 5.67. The fraction of sp³-hybridized carbons (Fsp3) is 0.500. The van der Waals surface area contributed by atoms with Crippen LogP contribution in [0.3, 0.4) is 0 Å². The Kier molecular flexibility index (Phi) is 4.30. The number of hydrogen-bond acceptors (Lipinski definition) is 4. The zero-order chi connectivity index (χ0) is 16.5. The van der Waals surface area contributed by atoms with E-state index in [1.54, 1.807) is 44.8 Å². The third-order valence-corrected chi connectivity index (χ3v) is 3.79. The first-order valence-corrected chi connectivity index (χ1v) is 7.24. The average Bonchev–Trinajstić information content (AvgIpc) is 2.83.